The van der Waals surface area contributed by atoms with E-state index in [1.54, 1.807) is 6.07 Å². The van der Waals surface area contributed by atoms with Crippen LogP contribution in [0.4, 0.5) is 15.8 Å². The smallest absolute Gasteiger partial charge is 0.263 e. The average molecular weight is 440 g/mol. The molecular weight excluding hydrogens is 417 g/mol. The van der Waals surface area contributed by atoms with Crippen molar-refractivity contribution in [1.82, 2.24) is 15.6 Å². The van der Waals surface area contributed by atoms with Crippen LogP contribution < -0.4 is 26.0 Å². The minimum absolute atomic E-state index is 0.160. The quantitative estimate of drug-likeness (QED) is 0.543. The van der Waals surface area contributed by atoms with Gasteiger partial charge in [0, 0.05) is 42.3 Å². The van der Waals surface area contributed by atoms with Crippen LogP contribution in [-0.2, 0) is 6.42 Å². The van der Waals surface area contributed by atoms with Crippen molar-refractivity contribution in [2.24, 2.45) is 0 Å². The highest BCUT2D eigenvalue weighted by atomic mass is 32.1. The number of rotatable bonds is 3. The molecule has 1 amide bonds. The van der Waals surface area contributed by atoms with E-state index in [0.29, 0.717) is 45.9 Å². The highest BCUT2D eigenvalue weighted by molar-refractivity contribution is 7.21. The summed E-state index contributed by atoms with van der Waals surface area (Å²) in [7, 11) is 0. The SMILES string of the molecule is Nc1c(C(=O)N[C@H]2COc3cc(N4CC5CC(C4)N5)ccc3C2)sc2nc(F)ccc12. The number of benzene rings is 1. The molecule has 3 aromatic rings. The maximum Gasteiger partial charge on any atom is 0.263 e. The molecule has 3 atom stereocenters. The van der Waals surface area contributed by atoms with Crippen molar-refractivity contribution in [1.29, 1.82) is 0 Å². The van der Waals surface area contributed by atoms with Gasteiger partial charge in [0.2, 0.25) is 5.95 Å². The third kappa shape index (κ3) is 3.28. The van der Waals surface area contributed by atoms with Crippen molar-refractivity contribution in [2.45, 2.75) is 31.0 Å². The molecule has 2 aromatic heterocycles. The number of nitrogens with two attached hydrogens (primary N) is 1. The number of carbonyl (C=O) groups excluding carboxylic acids is 1. The fraction of sp³-hybridized carbons (Fsp3) is 0.364. The van der Waals surface area contributed by atoms with Crippen molar-refractivity contribution in [3.63, 3.8) is 0 Å². The molecule has 31 heavy (non-hydrogen) atoms. The van der Waals surface area contributed by atoms with Crippen molar-refractivity contribution in [3.05, 3.63) is 46.7 Å². The molecule has 1 aromatic carbocycles. The molecule has 160 valence electrons. The first-order valence-corrected chi connectivity index (χ1v) is 11.3. The second-order valence-electron chi connectivity index (χ2n) is 8.51. The van der Waals surface area contributed by atoms with E-state index in [0.717, 1.165) is 35.7 Å². The third-order valence-corrected chi connectivity index (χ3v) is 7.46. The number of nitrogens with one attached hydrogen (secondary N) is 2. The minimum atomic E-state index is -0.588. The molecular formula is C22H22FN5O2S. The first kappa shape index (κ1) is 18.8. The van der Waals surface area contributed by atoms with Gasteiger partial charge in [-0.1, -0.05) is 6.07 Å². The molecule has 0 radical (unpaired) electrons. The second-order valence-corrected chi connectivity index (χ2v) is 9.51. The first-order valence-electron chi connectivity index (χ1n) is 10.5. The molecule has 3 saturated heterocycles. The van der Waals surface area contributed by atoms with E-state index in [-0.39, 0.29) is 11.9 Å². The number of hydrogen-bond acceptors (Lipinski definition) is 7. The molecule has 0 saturated carbocycles. The Morgan fingerprint density at radius 3 is 2.90 bits per heavy atom. The van der Waals surface area contributed by atoms with Gasteiger partial charge in [-0.2, -0.15) is 4.39 Å². The van der Waals surface area contributed by atoms with Gasteiger partial charge >= 0.3 is 0 Å². The second kappa shape index (κ2) is 7.06. The lowest BCUT2D eigenvalue weighted by molar-refractivity contribution is 0.0920. The lowest BCUT2D eigenvalue weighted by Crippen LogP contribution is -2.67. The number of aromatic nitrogens is 1. The Kier molecular flexibility index (Phi) is 4.29. The molecule has 9 heteroatoms. The van der Waals surface area contributed by atoms with Crippen LogP contribution in [0.5, 0.6) is 5.75 Å². The summed E-state index contributed by atoms with van der Waals surface area (Å²) in [6.45, 7) is 2.46. The van der Waals surface area contributed by atoms with E-state index in [1.807, 2.05) is 0 Å². The Morgan fingerprint density at radius 2 is 2.10 bits per heavy atom. The van der Waals surface area contributed by atoms with E-state index < -0.39 is 5.95 Å². The van der Waals surface area contributed by atoms with Gasteiger partial charge in [-0.15, -0.1) is 11.3 Å². The maximum atomic E-state index is 13.4. The number of piperazine rings is 1. The molecule has 7 rings (SSSR count). The lowest BCUT2D eigenvalue weighted by Gasteiger charge is -2.49. The summed E-state index contributed by atoms with van der Waals surface area (Å²) >= 11 is 1.10. The molecule has 4 aliphatic rings. The number of hydrogen-bond donors (Lipinski definition) is 3. The van der Waals surface area contributed by atoms with Crippen LogP contribution in [0.1, 0.15) is 21.7 Å². The van der Waals surface area contributed by atoms with E-state index in [1.165, 1.54) is 18.2 Å². The number of halogens is 1. The zero-order valence-electron chi connectivity index (χ0n) is 16.7. The molecule has 6 heterocycles. The highest BCUT2D eigenvalue weighted by Gasteiger charge is 2.36. The molecule has 4 aliphatic heterocycles. The Labute approximate surface area is 182 Å². The summed E-state index contributed by atoms with van der Waals surface area (Å²) in [5, 5.41) is 7.16. The first-order chi connectivity index (χ1) is 15.0. The molecule has 7 nitrogen and oxygen atoms in total. The van der Waals surface area contributed by atoms with Gasteiger partial charge in [0.05, 0.1) is 11.7 Å². The Hall–Kier alpha value is -2.91. The van der Waals surface area contributed by atoms with Crippen molar-refractivity contribution in [3.8, 4) is 5.75 Å². The summed E-state index contributed by atoms with van der Waals surface area (Å²) in [4.78, 5) is 19.8. The summed E-state index contributed by atoms with van der Waals surface area (Å²) in [5.74, 6) is 0.0149. The van der Waals surface area contributed by atoms with Gasteiger partial charge in [-0.05, 0) is 36.6 Å². The molecule has 4 N–H and O–H groups in total. The number of amides is 1. The number of nitrogens with zero attached hydrogens (tertiary/aromatic N) is 2. The number of thiophene rings is 1. The van der Waals surface area contributed by atoms with Crippen LogP contribution in [0, 0.1) is 5.95 Å². The normalized spacial score (nSPS) is 24.3. The van der Waals surface area contributed by atoms with Crippen LogP contribution in [0.2, 0.25) is 0 Å². The molecule has 2 unspecified atom stereocenters. The van der Waals surface area contributed by atoms with E-state index in [9.17, 15) is 9.18 Å². The van der Waals surface area contributed by atoms with Crippen LogP contribution in [-0.4, -0.2) is 48.7 Å². The number of anilines is 2. The fourth-order valence-corrected chi connectivity index (χ4v) is 5.75. The molecule has 0 spiro atoms. The largest absolute Gasteiger partial charge is 0.491 e. The number of pyridine rings is 1. The van der Waals surface area contributed by atoms with Crippen molar-refractivity contribution >= 4 is 38.8 Å². The van der Waals surface area contributed by atoms with Gasteiger partial charge < -0.3 is 26.0 Å². The van der Waals surface area contributed by atoms with Crippen LogP contribution in [0.25, 0.3) is 10.2 Å². The predicted molar refractivity (Wildman–Crippen MR) is 118 cm³/mol. The van der Waals surface area contributed by atoms with Crippen molar-refractivity contribution in [2.75, 3.05) is 30.3 Å². The van der Waals surface area contributed by atoms with E-state index >= 15 is 0 Å². The summed E-state index contributed by atoms with van der Waals surface area (Å²) in [6, 6.07) is 10.2. The highest BCUT2D eigenvalue weighted by Crippen LogP contribution is 2.34. The molecule has 3 fully saturated rings. The number of ether oxygens (including phenoxy) is 1. The summed E-state index contributed by atoms with van der Waals surface area (Å²) in [6.07, 6.45) is 1.96. The monoisotopic (exact) mass is 439 g/mol. The molecule has 2 bridgehead atoms. The number of piperidine rings is 1. The lowest BCUT2D eigenvalue weighted by atomic mass is 9.91. The van der Waals surface area contributed by atoms with Gasteiger partial charge in [0.25, 0.3) is 5.91 Å². The van der Waals surface area contributed by atoms with Gasteiger partial charge in [0.1, 0.15) is 22.1 Å². The average Bonchev–Trinajstić information content (AvgIpc) is 3.08. The zero-order chi connectivity index (χ0) is 21.1. The Balaban J connectivity index is 1.16. The number of fused-ring (bicyclic) bond motifs is 4. The van der Waals surface area contributed by atoms with Gasteiger partial charge in [-0.3, -0.25) is 4.79 Å². The number of nitrogen functional groups attached to an aromatic ring is 1. The van der Waals surface area contributed by atoms with Crippen LogP contribution in [0.3, 0.4) is 0 Å². The van der Waals surface area contributed by atoms with E-state index in [2.05, 4.69) is 38.7 Å². The van der Waals surface area contributed by atoms with E-state index in [4.69, 9.17) is 10.5 Å². The zero-order valence-corrected chi connectivity index (χ0v) is 17.5. The standard InChI is InChI=1S/C22H22FN5O2S/c23-18-4-3-16-19(24)20(31-22(16)27-18)21(29)26-14-5-11-1-2-15(7-17(11)30-10-14)28-8-12-6-13(9-28)25-12/h1-4,7,12-14,25H,5-6,8-10,24H2,(H,26,29)/t12?,13?,14-/m1/s1. The predicted octanol–water partition coefficient (Wildman–Crippen LogP) is 2.30. The Bertz CT molecular complexity index is 1180. The topological polar surface area (TPSA) is 92.5 Å². The van der Waals surface area contributed by atoms with Gasteiger partial charge in [-0.25, -0.2) is 4.98 Å². The number of carbonyl (C=O) groups is 1. The van der Waals surface area contributed by atoms with Crippen molar-refractivity contribution < 1.29 is 13.9 Å². The maximum absolute atomic E-state index is 13.4. The van der Waals surface area contributed by atoms with Crippen LogP contribution in [0.15, 0.2) is 30.3 Å². The van der Waals surface area contributed by atoms with Crippen LogP contribution >= 0.6 is 11.3 Å². The summed E-state index contributed by atoms with van der Waals surface area (Å²) < 4.78 is 19.4. The minimum Gasteiger partial charge on any atom is -0.491 e. The molecule has 0 aliphatic carbocycles. The fourth-order valence-electron chi connectivity index (χ4n) is 4.77. The van der Waals surface area contributed by atoms with Gasteiger partial charge in [0.15, 0.2) is 0 Å². The third-order valence-electron chi connectivity index (χ3n) is 6.35. The summed E-state index contributed by atoms with van der Waals surface area (Å²) in [5.41, 5.74) is 8.72. The Morgan fingerprint density at radius 1 is 1.29 bits per heavy atom.